The molecule has 0 fully saturated rings. The lowest BCUT2D eigenvalue weighted by Crippen LogP contribution is -2.15. The molecule has 0 aliphatic heterocycles. The lowest BCUT2D eigenvalue weighted by atomic mass is 10.1. The molecule has 0 unspecified atom stereocenters. The molecule has 0 N–H and O–H groups in total. The first-order valence-electron chi connectivity index (χ1n) is 5.03. The van der Waals surface area contributed by atoms with E-state index in [1.54, 1.807) is 31.2 Å². The molecule has 0 aromatic heterocycles. The highest BCUT2D eigenvalue weighted by Gasteiger charge is 2.09. The van der Waals surface area contributed by atoms with Gasteiger partial charge in [0, 0.05) is 0 Å². The molecule has 1 rings (SSSR count). The number of para-hydroxylation sites is 1. The first-order valence-corrected chi connectivity index (χ1v) is 5.03. The molecule has 0 atom stereocenters. The average Bonchev–Trinajstić information content (AvgIpc) is 2.27. The van der Waals surface area contributed by atoms with Crippen molar-refractivity contribution < 1.29 is 19.1 Å². The van der Waals surface area contributed by atoms with Crippen LogP contribution in [0, 0.1) is 0 Å². The van der Waals surface area contributed by atoms with Crippen molar-refractivity contribution in [2.45, 2.75) is 13.8 Å². The number of hydrogen-bond donors (Lipinski definition) is 0. The molecule has 1 aromatic rings. The normalized spacial score (nSPS) is 9.62. The first kappa shape index (κ1) is 12.2. The number of ketones is 1. The van der Waals surface area contributed by atoms with Crippen LogP contribution in [0.4, 0.5) is 0 Å². The maximum absolute atomic E-state index is 11.2. The number of rotatable bonds is 5. The minimum absolute atomic E-state index is 0.0977. The van der Waals surface area contributed by atoms with Crippen LogP contribution in [0.3, 0.4) is 0 Å². The van der Waals surface area contributed by atoms with Gasteiger partial charge >= 0.3 is 5.97 Å². The Bertz CT molecular complexity index is 384. The van der Waals surface area contributed by atoms with E-state index in [1.807, 2.05) is 0 Å². The molecule has 0 saturated heterocycles. The van der Waals surface area contributed by atoms with Gasteiger partial charge in [0.25, 0.3) is 0 Å². The Morgan fingerprint density at radius 1 is 1.25 bits per heavy atom. The van der Waals surface area contributed by atoms with E-state index in [2.05, 4.69) is 0 Å². The van der Waals surface area contributed by atoms with Gasteiger partial charge in [-0.05, 0) is 26.0 Å². The molecule has 16 heavy (non-hydrogen) atoms. The highest BCUT2D eigenvalue weighted by atomic mass is 16.6. The standard InChI is InChI=1S/C12H14O4/c1-3-15-12(14)8-16-11-7-5-4-6-10(11)9(2)13/h4-7H,3,8H2,1-2H3. The molecule has 0 spiro atoms. The van der Waals surface area contributed by atoms with E-state index < -0.39 is 5.97 Å². The number of carbonyl (C=O) groups excluding carboxylic acids is 2. The topological polar surface area (TPSA) is 52.6 Å². The summed E-state index contributed by atoms with van der Waals surface area (Å²) in [6.07, 6.45) is 0. The van der Waals surface area contributed by atoms with Gasteiger partial charge in [0.05, 0.1) is 12.2 Å². The second-order valence-corrected chi connectivity index (χ2v) is 3.15. The zero-order chi connectivity index (χ0) is 12.0. The largest absolute Gasteiger partial charge is 0.481 e. The van der Waals surface area contributed by atoms with Crippen molar-refractivity contribution in [2.24, 2.45) is 0 Å². The quantitative estimate of drug-likeness (QED) is 0.563. The van der Waals surface area contributed by atoms with Crippen molar-refractivity contribution in [1.82, 2.24) is 0 Å². The maximum atomic E-state index is 11.2. The van der Waals surface area contributed by atoms with Crippen LogP contribution in [0.1, 0.15) is 24.2 Å². The van der Waals surface area contributed by atoms with E-state index in [-0.39, 0.29) is 12.4 Å². The number of hydrogen-bond acceptors (Lipinski definition) is 4. The number of benzene rings is 1. The summed E-state index contributed by atoms with van der Waals surface area (Å²) in [5.74, 6) is -0.136. The second-order valence-electron chi connectivity index (χ2n) is 3.15. The van der Waals surface area contributed by atoms with Gasteiger partial charge in [-0.3, -0.25) is 4.79 Å². The maximum Gasteiger partial charge on any atom is 0.344 e. The molecule has 0 heterocycles. The zero-order valence-electron chi connectivity index (χ0n) is 9.36. The monoisotopic (exact) mass is 222 g/mol. The van der Waals surface area contributed by atoms with Crippen LogP contribution in [-0.4, -0.2) is 25.0 Å². The third-order valence-electron chi connectivity index (χ3n) is 1.92. The number of Topliss-reactive ketones (excluding diaryl/α,β-unsaturated/α-hetero) is 1. The first-order chi connectivity index (χ1) is 7.65. The van der Waals surface area contributed by atoms with Crippen LogP contribution in [0.5, 0.6) is 5.75 Å². The summed E-state index contributed by atoms with van der Waals surface area (Å²) < 4.78 is 9.93. The van der Waals surface area contributed by atoms with Crippen molar-refractivity contribution >= 4 is 11.8 Å². The second kappa shape index (κ2) is 5.90. The molecule has 0 aliphatic rings. The smallest absolute Gasteiger partial charge is 0.344 e. The number of esters is 1. The highest BCUT2D eigenvalue weighted by Crippen LogP contribution is 2.18. The third-order valence-corrected chi connectivity index (χ3v) is 1.92. The van der Waals surface area contributed by atoms with Gasteiger partial charge in [0.15, 0.2) is 12.4 Å². The van der Waals surface area contributed by atoms with Gasteiger partial charge in [0.1, 0.15) is 5.75 Å². The lowest BCUT2D eigenvalue weighted by molar-refractivity contribution is -0.145. The summed E-state index contributed by atoms with van der Waals surface area (Å²) in [5.41, 5.74) is 0.465. The van der Waals surface area contributed by atoms with Crippen molar-refractivity contribution in [2.75, 3.05) is 13.2 Å². The minimum atomic E-state index is -0.444. The van der Waals surface area contributed by atoms with Crippen LogP contribution in [0.15, 0.2) is 24.3 Å². The summed E-state index contributed by atoms with van der Waals surface area (Å²) in [4.78, 5) is 22.3. The van der Waals surface area contributed by atoms with Gasteiger partial charge in [-0.1, -0.05) is 12.1 Å². The van der Waals surface area contributed by atoms with Crippen LogP contribution in [-0.2, 0) is 9.53 Å². The highest BCUT2D eigenvalue weighted by molar-refractivity contribution is 5.96. The Morgan fingerprint density at radius 3 is 2.56 bits per heavy atom. The average molecular weight is 222 g/mol. The van der Waals surface area contributed by atoms with E-state index >= 15 is 0 Å². The van der Waals surface area contributed by atoms with Crippen molar-refractivity contribution in [3.8, 4) is 5.75 Å². The Morgan fingerprint density at radius 2 is 1.94 bits per heavy atom. The van der Waals surface area contributed by atoms with Gasteiger partial charge in [-0.2, -0.15) is 0 Å². The van der Waals surface area contributed by atoms with Gasteiger partial charge in [-0.25, -0.2) is 4.79 Å². The molecular formula is C12H14O4. The van der Waals surface area contributed by atoms with Gasteiger partial charge in [0.2, 0.25) is 0 Å². The summed E-state index contributed by atoms with van der Waals surface area (Å²) >= 11 is 0. The predicted molar refractivity (Wildman–Crippen MR) is 58.6 cm³/mol. The van der Waals surface area contributed by atoms with E-state index in [4.69, 9.17) is 9.47 Å². The predicted octanol–water partition coefficient (Wildman–Crippen LogP) is 1.83. The zero-order valence-corrected chi connectivity index (χ0v) is 9.36. The third kappa shape index (κ3) is 3.38. The fourth-order valence-electron chi connectivity index (χ4n) is 1.22. The molecule has 0 radical (unpaired) electrons. The van der Waals surface area contributed by atoms with E-state index in [0.717, 1.165) is 0 Å². The molecule has 86 valence electrons. The number of carbonyl (C=O) groups is 2. The van der Waals surface area contributed by atoms with Crippen LogP contribution < -0.4 is 4.74 Å². The summed E-state index contributed by atoms with van der Waals surface area (Å²) in [6.45, 7) is 3.31. The Balaban J connectivity index is 2.66. The van der Waals surface area contributed by atoms with Crippen molar-refractivity contribution in [3.63, 3.8) is 0 Å². The van der Waals surface area contributed by atoms with E-state index in [1.165, 1.54) is 6.92 Å². The van der Waals surface area contributed by atoms with Crippen molar-refractivity contribution in [1.29, 1.82) is 0 Å². The molecule has 4 nitrogen and oxygen atoms in total. The van der Waals surface area contributed by atoms with Crippen LogP contribution >= 0.6 is 0 Å². The van der Waals surface area contributed by atoms with Crippen molar-refractivity contribution in [3.05, 3.63) is 29.8 Å². The Hall–Kier alpha value is -1.84. The molecule has 4 heteroatoms. The van der Waals surface area contributed by atoms with Gasteiger partial charge < -0.3 is 9.47 Å². The SMILES string of the molecule is CCOC(=O)COc1ccccc1C(C)=O. The molecule has 0 amide bonds. The minimum Gasteiger partial charge on any atom is -0.481 e. The molecule has 0 bridgehead atoms. The van der Waals surface area contributed by atoms with Crippen LogP contribution in [0.25, 0.3) is 0 Å². The van der Waals surface area contributed by atoms with E-state index in [9.17, 15) is 9.59 Å². The molecule has 1 aromatic carbocycles. The Labute approximate surface area is 94.2 Å². The van der Waals surface area contributed by atoms with E-state index in [0.29, 0.717) is 17.9 Å². The molecular weight excluding hydrogens is 208 g/mol. The molecule has 0 saturated carbocycles. The molecule has 0 aliphatic carbocycles. The van der Waals surface area contributed by atoms with Gasteiger partial charge in [-0.15, -0.1) is 0 Å². The number of ether oxygens (including phenoxy) is 2. The van der Waals surface area contributed by atoms with Crippen LogP contribution in [0.2, 0.25) is 0 Å². The fraction of sp³-hybridized carbons (Fsp3) is 0.333. The lowest BCUT2D eigenvalue weighted by Gasteiger charge is -2.08. The summed E-state index contributed by atoms with van der Waals surface area (Å²) in [6, 6.07) is 6.79. The fourth-order valence-corrected chi connectivity index (χ4v) is 1.22. The Kier molecular flexibility index (Phi) is 4.51. The summed E-state index contributed by atoms with van der Waals surface area (Å²) in [5, 5.41) is 0. The summed E-state index contributed by atoms with van der Waals surface area (Å²) in [7, 11) is 0.